The van der Waals surface area contributed by atoms with Crippen LogP contribution in [0.15, 0.2) is 18.5 Å². The highest BCUT2D eigenvalue weighted by Crippen LogP contribution is 2.28. The normalized spacial score (nSPS) is 17.4. The van der Waals surface area contributed by atoms with E-state index in [1.54, 1.807) is 6.20 Å². The number of carbonyl (C=O) groups excluding carboxylic acids is 1. The molecule has 2 aromatic rings. The van der Waals surface area contributed by atoms with E-state index in [0.29, 0.717) is 5.56 Å². The van der Waals surface area contributed by atoms with Gasteiger partial charge in [0.15, 0.2) is 0 Å². The summed E-state index contributed by atoms with van der Waals surface area (Å²) < 4.78 is 12.9. The van der Waals surface area contributed by atoms with Crippen molar-refractivity contribution in [3.8, 4) is 0 Å². The molecular weight excluding hydrogens is 306 g/mol. The van der Waals surface area contributed by atoms with E-state index in [1.165, 1.54) is 0 Å². The summed E-state index contributed by atoms with van der Waals surface area (Å²) in [6.07, 6.45) is 3.57. The lowest BCUT2D eigenvalue weighted by Gasteiger charge is -2.33. The fourth-order valence-electron chi connectivity index (χ4n) is 3.32. The van der Waals surface area contributed by atoms with Gasteiger partial charge in [-0.15, -0.1) is 0 Å². The first-order chi connectivity index (χ1) is 11.5. The number of ether oxygens (including phenoxy) is 2. The zero-order valence-corrected chi connectivity index (χ0v) is 14.8. The van der Waals surface area contributed by atoms with E-state index in [1.807, 2.05) is 33.0 Å². The Kier molecular flexibility index (Phi) is 4.87. The van der Waals surface area contributed by atoms with E-state index in [-0.39, 0.29) is 18.1 Å². The summed E-state index contributed by atoms with van der Waals surface area (Å²) in [4.78, 5) is 19.3. The van der Waals surface area contributed by atoms with E-state index in [4.69, 9.17) is 9.47 Å². The van der Waals surface area contributed by atoms with Crippen LogP contribution in [-0.4, -0.2) is 52.7 Å². The van der Waals surface area contributed by atoms with Crippen LogP contribution in [0.1, 0.15) is 48.4 Å². The molecular formula is C18H25N3O3. The Hall–Kier alpha value is -1.92. The maximum absolute atomic E-state index is 12.5. The number of fused-ring (bicyclic) bond motifs is 1. The molecule has 0 aliphatic carbocycles. The van der Waals surface area contributed by atoms with Gasteiger partial charge in [-0.05, 0) is 39.3 Å². The molecule has 0 amide bonds. The number of pyridine rings is 1. The van der Waals surface area contributed by atoms with Crippen molar-refractivity contribution in [2.24, 2.45) is 0 Å². The van der Waals surface area contributed by atoms with Gasteiger partial charge >= 0.3 is 5.97 Å². The van der Waals surface area contributed by atoms with E-state index < -0.39 is 0 Å². The summed E-state index contributed by atoms with van der Waals surface area (Å²) >= 11 is 0. The molecule has 1 aliphatic heterocycles. The van der Waals surface area contributed by atoms with Gasteiger partial charge in [-0.2, -0.15) is 0 Å². The fraction of sp³-hybridized carbons (Fsp3) is 0.556. The Bertz CT molecular complexity index is 732. The van der Waals surface area contributed by atoms with Gasteiger partial charge in [-0.1, -0.05) is 0 Å². The molecule has 0 bridgehead atoms. The van der Waals surface area contributed by atoms with Gasteiger partial charge in [-0.25, -0.2) is 9.78 Å². The third kappa shape index (κ3) is 3.16. The molecule has 1 fully saturated rings. The minimum absolute atomic E-state index is 0.145. The zero-order chi connectivity index (χ0) is 17.3. The average molecular weight is 331 g/mol. The first-order valence-corrected chi connectivity index (χ1v) is 8.48. The molecule has 3 rings (SSSR count). The van der Waals surface area contributed by atoms with Gasteiger partial charge < -0.3 is 13.9 Å². The predicted octanol–water partition coefficient (Wildman–Crippen LogP) is 2.60. The Labute approximate surface area is 142 Å². The molecule has 0 spiro atoms. The first-order valence-electron chi connectivity index (χ1n) is 8.48. The molecule has 0 N–H and O–H groups in total. The van der Waals surface area contributed by atoms with Crippen LogP contribution in [0.25, 0.3) is 5.65 Å². The Balaban J connectivity index is 2.06. The Morgan fingerprint density at radius 2 is 2.00 bits per heavy atom. The van der Waals surface area contributed by atoms with Gasteiger partial charge in [0.05, 0.1) is 24.9 Å². The van der Waals surface area contributed by atoms with Crippen LogP contribution in [0.3, 0.4) is 0 Å². The summed E-state index contributed by atoms with van der Waals surface area (Å²) in [5.74, 6) is -0.288. The second kappa shape index (κ2) is 6.91. The van der Waals surface area contributed by atoms with Crippen molar-refractivity contribution >= 4 is 11.6 Å². The van der Waals surface area contributed by atoms with E-state index in [2.05, 4.69) is 21.2 Å². The molecule has 6 heteroatoms. The number of hydrogen-bond acceptors (Lipinski definition) is 5. The highest BCUT2D eigenvalue weighted by Gasteiger charge is 2.25. The quantitative estimate of drug-likeness (QED) is 0.806. The summed E-state index contributed by atoms with van der Waals surface area (Å²) in [7, 11) is 0. The van der Waals surface area contributed by atoms with E-state index >= 15 is 0 Å². The topological polar surface area (TPSA) is 56.1 Å². The molecule has 1 saturated heterocycles. The van der Waals surface area contributed by atoms with Gasteiger partial charge in [0, 0.05) is 37.2 Å². The van der Waals surface area contributed by atoms with Crippen LogP contribution in [0.5, 0.6) is 0 Å². The molecule has 2 aromatic heterocycles. The number of carbonyl (C=O) groups is 1. The average Bonchev–Trinajstić information content (AvgIpc) is 3.01. The molecule has 1 aliphatic rings. The number of aromatic nitrogens is 2. The number of esters is 1. The number of imidazole rings is 1. The maximum atomic E-state index is 12.5. The lowest BCUT2D eigenvalue weighted by molar-refractivity contribution is 0.0186. The minimum Gasteiger partial charge on any atom is -0.459 e. The van der Waals surface area contributed by atoms with Gasteiger partial charge in [0.1, 0.15) is 5.65 Å². The number of morpholine rings is 1. The number of rotatable bonds is 4. The summed E-state index contributed by atoms with van der Waals surface area (Å²) in [5.41, 5.74) is 3.40. The molecule has 3 heterocycles. The minimum atomic E-state index is -0.288. The molecule has 1 atom stereocenters. The highest BCUT2D eigenvalue weighted by atomic mass is 16.5. The fourth-order valence-corrected chi connectivity index (χ4v) is 3.32. The van der Waals surface area contributed by atoms with Crippen LogP contribution in [-0.2, 0) is 9.47 Å². The molecule has 1 unspecified atom stereocenters. The number of nitrogens with zero attached hydrogens (tertiary/aromatic N) is 3. The van der Waals surface area contributed by atoms with Crippen LogP contribution in [0, 0.1) is 6.92 Å². The lowest BCUT2D eigenvalue weighted by atomic mass is 10.0. The second-order valence-corrected chi connectivity index (χ2v) is 6.50. The summed E-state index contributed by atoms with van der Waals surface area (Å²) in [5, 5.41) is 0. The first kappa shape index (κ1) is 16.9. The van der Waals surface area contributed by atoms with Crippen LogP contribution in [0.2, 0.25) is 0 Å². The molecule has 6 nitrogen and oxygen atoms in total. The Morgan fingerprint density at radius 1 is 1.29 bits per heavy atom. The van der Waals surface area contributed by atoms with Crippen molar-refractivity contribution < 1.29 is 14.3 Å². The van der Waals surface area contributed by atoms with Crippen molar-refractivity contribution in [2.75, 3.05) is 26.3 Å². The third-order valence-electron chi connectivity index (χ3n) is 4.54. The summed E-state index contributed by atoms with van der Waals surface area (Å²) in [6.45, 7) is 11.1. The SMILES string of the molecule is Cc1c(C(=O)OC(C)C)cc2nccn2c1C(C)N1CCOCC1. The van der Waals surface area contributed by atoms with E-state index in [9.17, 15) is 4.79 Å². The highest BCUT2D eigenvalue weighted by molar-refractivity contribution is 5.92. The molecule has 0 aromatic carbocycles. The standard InChI is InChI=1S/C18H25N3O3/c1-12(2)24-18(22)15-11-16-19-5-6-21(16)17(13(15)3)14(4)20-7-9-23-10-8-20/h5-6,11-12,14H,7-10H2,1-4H3. The maximum Gasteiger partial charge on any atom is 0.338 e. The van der Waals surface area contributed by atoms with Crippen molar-refractivity contribution in [3.63, 3.8) is 0 Å². The number of hydrogen-bond donors (Lipinski definition) is 0. The third-order valence-corrected chi connectivity index (χ3v) is 4.54. The van der Waals surface area contributed by atoms with Crippen molar-refractivity contribution in [2.45, 2.75) is 39.8 Å². The Morgan fingerprint density at radius 3 is 2.67 bits per heavy atom. The van der Waals surface area contributed by atoms with Crippen LogP contribution >= 0.6 is 0 Å². The molecule has 24 heavy (non-hydrogen) atoms. The molecule has 0 saturated carbocycles. The second-order valence-electron chi connectivity index (χ2n) is 6.50. The largest absolute Gasteiger partial charge is 0.459 e. The van der Waals surface area contributed by atoms with Gasteiger partial charge in [-0.3, -0.25) is 4.90 Å². The zero-order valence-electron chi connectivity index (χ0n) is 14.8. The molecule has 0 radical (unpaired) electrons. The van der Waals surface area contributed by atoms with Crippen LogP contribution < -0.4 is 0 Å². The van der Waals surface area contributed by atoms with Gasteiger partial charge in [0.25, 0.3) is 0 Å². The van der Waals surface area contributed by atoms with Crippen molar-refractivity contribution in [1.82, 2.24) is 14.3 Å². The van der Waals surface area contributed by atoms with Gasteiger partial charge in [0.2, 0.25) is 0 Å². The van der Waals surface area contributed by atoms with Crippen molar-refractivity contribution in [3.05, 3.63) is 35.3 Å². The summed E-state index contributed by atoms with van der Waals surface area (Å²) in [6, 6.07) is 1.98. The predicted molar refractivity (Wildman–Crippen MR) is 91.3 cm³/mol. The van der Waals surface area contributed by atoms with E-state index in [0.717, 1.165) is 43.2 Å². The smallest absolute Gasteiger partial charge is 0.338 e. The van der Waals surface area contributed by atoms with Crippen molar-refractivity contribution in [1.29, 1.82) is 0 Å². The molecule has 130 valence electrons. The lowest BCUT2D eigenvalue weighted by Crippen LogP contribution is -2.39. The van der Waals surface area contributed by atoms with Crippen LogP contribution in [0.4, 0.5) is 0 Å². The monoisotopic (exact) mass is 331 g/mol.